The number of rotatable bonds is 7. The van der Waals surface area contributed by atoms with Crippen molar-refractivity contribution in [3.63, 3.8) is 0 Å². The van der Waals surface area contributed by atoms with Gasteiger partial charge in [-0.25, -0.2) is 4.68 Å². The van der Waals surface area contributed by atoms with E-state index in [2.05, 4.69) is 21.7 Å². The Hall–Kier alpha value is -2.74. The summed E-state index contributed by atoms with van der Waals surface area (Å²) in [6.07, 6.45) is 1.82. The van der Waals surface area contributed by atoms with Crippen LogP contribution in [0, 0.1) is 0 Å². The summed E-state index contributed by atoms with van der Waals surface area (Å²) in [5.74, 6) is -0.112. The molecule has 0 unspecified atom stereocenters. The number of carbonyl (C=O) groups is 1. The molecule has 148 valence electrons. The van der Waals surface area contributed by atoms with Crippen molar-refractivity contribution in [1.29, 1.82) is 0 Å². The van der Waals surface area contributed by atoms with E-state index in [4.69, 9.17) is 5.10 Å². The van der Waals surface area contributed by atoms with Gasteiger partial charge in [0, 0.05) is 17.6 Å². The molecule has 0 aliphatic carbocycles. The van der Waals surface area contributed by atoms with Crippen molar-refractivity contribution < 1.29 is 4.79 Å². The summed E-state index contributed by atoms with van der Waals surface area (Å²) < 4.78 is 1.77. The molecule has 1 N–H and O–H groups in total. The molecule has 1 amide bonds. The third kappa shape index (κ3) is 4.32. The van der Waals surface area contributed by atoms with Crippen LogP contribution in [0.3, 0.4) is 0 Å². The van der Waals surface area contributed by atoms with Gasteiger partial charge in [0.15, 0.2) is 0 Å². The monoisotopic (exact) mass is 422 g/mol. The number of benzene rings is 1. The smallest absolute Gasteiger partial charge is 0.255 e. The Morgan fingerprint density at radius 1 is 1.07 bits per heavy atom. The molecule has 29 heavy (non-hydrogen) atoms. The predicted octanol–water partition coefficient (Wildman–Crippen LogP) is 4.70. The van der Waals surface area contributed by atoms with Crippen LogP contribution in [0.5, 0.6) is 0 Å². The molecule has 0 aliphatic heterocycles. The number of amides is 1. The van der Waals surface area contributed by atoms with Gasteiger partial charge in [0.2, 0.25) is 0 Å². The van der Waals surface area contributed by atoms with Gasteiger partial charge in [-0.05, 0) is 49.1 Å². The highest BCUT2D eigenvalue weighted by atomic mass is 32.1. The fourth-order valence-corrected chi connectivity index (χ4v) is 4.80. The Balaban J connectivity index is 1.61. The maximum absolute atomic E-state index is 13.1. The Kier molecular flexibility index (Phi) is 5.89. The lowest BCUT2D eigenvalue weighted by Gasteiger charge is -2.23. The number of thiophene rings is 2. The number of nitrogens with one attached hydrogen (secondary N) is 1. The van der Waals surface area contributed by atoms with Gasteiger partial charge in [-0.1, -0.05) is 30.3 Å². The standard InChI is InChI=1S/C22H22N4OS2/c1-25(2)18(19-10-6-12-28-19)14-23-22(27)17-15-26(16-8-4-3-5-9-16)24-21(17)20-11-7-13-29-20/h3-13,15,18H,14H2,1-2H3,(H,23,27)/t18-/m0/s1. The maximum atomic E-state index is 13.1. The second-order valence-electron chi connectivity index (χ2n) is 6.85. The van der Waals surface area contributed by atoms with Gasteiger partial charge in [0.05, 0.1) is 22.2 Å². The van der Waals surface area contributed by atoms with Crippen molar-refractivity contribution in [1.82, 2.24) is 20.0 Å². The lowest BCUT2D eigenvalue weighted by atomic mass is 10.2. The van der Waals surface area contributed by atoms with Gasteiger partial charge in [0.1, 0.15) is 5.69 Å². The fraction of sp³-hybridized carbons (Fsp3) is 0.182. The summed E-state index contributed by atoms with van der Waals surface area (Å²) >= 11 is 3.28. The van der Waals surface area contributed by atoms with Crippen LogP contribution in [0.25, 0.3) is 16.3 Å². The zero-order valence-electron chi connectivity index (χ0n) is 16.3. The van der Waals surface area contributed by atoms with E-state index in [0.29, 0.717) is 17.8 Å². The molecule has 1 atom stereocenters. The van der Waals surface area contributed by atoms with E-state index >= 15 is 0 Å². The van der Waals surface area contributed by atoms with Crippen LogP contribution in [-0.2, 0) is 0 Å². The summed E-state index contributed by atoms with van der Waals surface area (Å²) in [5, 5.41) is 11.9. The topological polar surface area (TPSA) is 50.2 Å². The number of aromatic nitrogens is 2. The third-order valence-electron chi connectivity index (χ3n) is 4.69. The zero-order chi connectivity index (χ0) is 20.2. The predicted molar refractivity (Wildman–Crippen MR) is 120 cm³/mol. The second kappa shape index (κ2) is 8.73. The van der Waals surface area contributed by atoms with Crippen LogP contribution >= 0.6 is 22.7 Å². The van der Waals surface area contributed by atoms with E-state index in [9.17, 15) is 4.79 Å². The number of likely N-dealkylation sites (N-methyl/N-ethyl adjacent to an activating group) is 1. The summed E-state index contributed by atoms with van der Waals surface area (Å²) in [6.45, 7) is 0.534. The molecular weight excluding hydrogens is 400 g/mol. The summed E-state index contributed by atoms with van der Waals surface area (Å²) in [5.41, 5.74) is 2.22. The first-order valence-electron chi connectivity index (χ1n) is 9.30. The van der Waals surface area contributed by atoms with Crippen molar-refractivity contribution in [3.8, 4) is 16.3 Å². The molecule has 3 aromatic heterocycles. The molecular formula is C22H22N4OS2. The first-order chi connectivity index (χ1) is 14.1. The quantitative estimate of drug-likeness (QED) is 0.470. The molecule has 0 spiro atoms. The van der Waals surface area contributed by atoms with Crippen LogP contribution < -0.4 is 5.32 Å². The van der Waals surface area contributed by atoms with E-state index in [1.54, 1.807) is 27.4 Å². The van der Waals surface area contributed by atoms with Crippen LogP contribution in [0.15, 0.2) is 71.6 Å². The van der Waals surface area contributed by atoms with Gasteiger partial charge in [0.25, 0.3) is 5.91 Å². The summed E-state index contributed by atoms with van der Waals surface area (Å²) in [7, 11) is 4.06. The fourth-order valence-electron chi connectivity index (χ4n) is 3.15. The third-order valence-corrected chi connectivity index (χ3v) is 6.54. The van der Waals surface area contributed by atoms with Crippen molar-refractivity contribution in [3.05, 3.63) is 82.0 Å². The van der Waals surface area contributed by atoms with E-state index in [1.807, 2.05) is 74.2 Å². The highest BCUT2D eigenvalue weighted by molar-refractivity contribution is 7.13. The number of hydrogen-bond acceptors (Lipinski definition) is 5. The Morgan fingerprint density at radius 2 is 1.83 bits per heavy atom. The summed E-state index contributed by atoms with van der Waals surface area (Å²) in [6, 6.07) is 18.1. The second-order valence-corrected chi connectivity index (χ2v) is 8.78. The highest BCUT2D eigenvalue weighted by Crippen LogP contribution is 2.28. The van der Waals surface area contributed by atoms with E-state index < -0.39 is 0 Å². The molecule has 3 heterocycles. The van der Waals surface area contributed by atoms with Gasteiger partial charge >= 0.3 is 0 Å². The van der Waals surface area contributed by atoms with E-state index in [0.717, 1.165) is 10.6 Å². The lowest BCUT2D eigenvalue weighted by Crippen LogP contribution is -2.34. The first kappa shape index (κ1) is 19.6. The minimum Gasteiger partial charge on any atom is -0.350 e. The SMILES string of the molecule is CN(C)[C@@H](CNC(=O)c1cn(-c2ccccc2)nc1-c1cccs1)c1cccs1. The molecule has 0 bridgehead atoms. The maximum Gasteiger partial charge on any atom is 0.255 e. The molecule has 4 aromatic rings. The Labute approximate surface area is 178 Å². The number of nitrogens with zero attached hydrogens (tertiary/aromatic N) is 3. The van der Waals surface area contributed by atoms with Crippen molar-refractivity contribution in [2.75, 3.05) is 20.6 Å². The first-order valence-corrected chi connectivity index (χ1v) is 11.1. The number of hydrogen-bond donors (Lipinski definition) is 1. The molecule has 1 aromatic carbocycles. The van der Waals surface area contributed by atoms with Crippen LogP contribution in [-0.4, -0.2) is 41.2 Å². The van der Waals surface area contributed by atoms with Gasteiger partial charge in [-0.3, -0.25) is 4.79 Å². The largest absolute Gasteiger partial charge is 0.350 e. The molecule has 5 nitrogen and oxygen atoms in total. The van der Waals surface area contributed by atoms with Gasteiger partial charge in [-0.2, -0.15) is 5.10 Å². The normalized spacial score (nSPS) is 12.2. The summed E-state index contributed by atoms with van der Waals surface area (Å²) in [4.78, 5) is 17.5. The van der Waals surface area contributed by atoms with Crippen LogP contribution in [0.1, 0.15) is 21.3 Å². The average Bonchev–Trinajstić information content (AvgIpc) is 3.49. The van der Waals surface area contributed by atoms with E-state index in [1.165, 1.54) is 4.88 Å². The van der Waals surface area contributed by atoms with Crippen LogP contribution in [0.4, 0.5) is 0 Å². The lowest BCUT2D eigenvalue weighted by molar-refractivity contribution is 0.0943. The molecule has 7 heteroatoms. The van der Waals surface area contributed by atoms with Gasteiger partial charge < -0.3 is 10.2 Å². The van der Waals surface area contributed by atoms with Gasteiger partial charge in [-0.15, -0.1) is 22.7 Å². The molecule has 0 saturated heterocycles. The molecule has 0 saturated carbocycles. The molecule has 0 radical (unpaired) electrons. The minimum absolute atomic E-state index is 0.112. The molecule has 0 fully saturated rings. The zero-order valence-corrected chi connectivity index (χ0v) is 17.9. The van der Waals surface area contributed by atoms with Crippen molar-refractivity contribution in [2.45, 2.75) is 6.04 Å². The van der Waals surface area contributed by atoms with Crippen molar-refractivity contribution in [2.24, 2.45) is 0 Å². The number of para-hydroxylation sites is 1. The molecule has 4 rings (SSSR count). The average molecular weight is 423 g/mol. The van der Waals surface area contributed by atoms with Crippen molar-refractivity contribution >= 4 is 28.6 Å². The minimum atomic E-state index is -0.112. The molecule has 0 aliphatic rings. The number of carbonyl (C=O) groups excluding carboxylic acids is 1. The Morgan fingerprint density at radius 3 is 2.48 bits per heavy atom. The highest BCUT2D eigenvalue weighted by Gasteiger charge is 2.22. The van der Waals surface area contributed by atoms with E-state index in [-0.39, 0.29) is 11.9 Å². The Bertz CT molecular complexity index is 1050. The van der Waals surface area contributed by atoms with Crippen LogP contribution in [0.2, 0.25) is 0 Å².